The number of hydrogen-bond acceptors (Lipinski definition) is 3. The van der Waals surface area contributed by atoms with E-state index in [0.29, 0.717) is 5.56 Å². The zero-order valence-corrected chi connectivity index (χ0v) is 15.8. The van der Waals surface area contributed by atoms with Gasteiger partial charge in [-0.3, -0.25) is 0 Å². The van der Waals surface area contributed by atoms with Crippen molar-refractivity contribution in [3.63, 3.8) is 0 Å². The number of aromatic nitrogens is 1. The predicted octanol–water partition coefficient (Wildman–Crippen LogP) is 5.82. The maximum atomic E-state index is 14.4. The van der Waals surface area contributed by atoms with Crippen LogP contribution in [-0.4, -0.2) is 21.3 Å². The fourth-order valence-corrected chi connectivity index (χ4v) is 3.00. The van der Waals surface area contributed by atoms with Gasteiger partial charge in [-0.1, -0.05) is 48.6 Å². The first-order chi connectivity index (χ1) is 13.5. The molecule has 1 atom stereocenters. The summed E-state index contributed by atoms with van der Waals surface area (Å²) < 4.78 is 14.4. The van der Waals surface area contributed by atoms with Gasteiger partial charge in [0, 0.05) is 23.4 Å². The molecule has 0 aliphatic heterocycles. The van der Waals surface area contributed by atoms with Gasteiger partial charge in [0.25, 0.3) is 0 Å². The van der Waals surface area contributed by atoms with Crippen molar-refractivity contribution in [2.24, 2.45) is 0 Å². The van der Waals surface area contributed by atoms with Crippen molar-refractivity contribution in [2.45, 2.75) is 32.3 Å². The number of benzene rings is 2. The van der Waals surface area contributed by atoms with Gasteiger partial charge in [0.15, 0.2) is 0 Å². The Bertz CT molecular complexity index is 932. The lowest BCUT2D eigenvalue weighted by Gasteiger charge is -2.06. The van der Waals surface area contributed by atoms with Crippen molar-refractivity contribution in [2.75, 3.05) is 0 Å². The Morgan fingerprint density at radius 1 is 0.964 bits per heavy atom. The summed E-state index contributed by atoms with van der Waals surface area (Å²) in [6.45, 7) is 1.77. The molecule has 0 saturated heterocycles. The molecule has 0 fully saturated rings. The lowest BCUT2D eigenvalue weighted by molar-refractivity contribution is 0.182. The molecule has 0 saturated carbocycles. The quantitative estimate of drug-likeness (QED) is 0.510. The van der Waals surface area contributed by atoms with Gasteiger partial charge in [0.2, 0.25) is 5.88 Å². The topological polar surface area (TPSA) is 53.4 Å². The molecule has 1 heterocycles. The molecule has 3 aromatic rings. The second kappa shape index (κ2) is 9.29. The van der Waals surface area contributed by atoms with E-state index in [-0.39, 0.29) is 17.8 Å². The Balaban J connectivity index is 1.69. The minimum atomic E-state index is -0.291. The highest BCUT2D eigenvalue weighted by atomic mass is 19.1. The van der Waals surface area contributed by atoms with Gasteiger partial charge in [-0.05, 0) is 55.0 Å². The van der Waals surface area contributed by atoms with Gasteiger partial charge in [-0.25, -0.2) is 9.37 Å². The molecule has 144 valence electrons. The van der Waals surface area contributed by atoms with Crippen molar-refractivity contribution in [1.29, 1.82) is 0 Å². The molecule has 1 aromatic heterocycles. The van der Waals surface area contributed by atoms with Crippen molar-refractivity contribution in [1.82, 2.24) is 4.98 Å². The summed E-state index contributed by atoms with van der Waals surface area (Å²) in [6.07, 6.45) is 7.52. The summed E-state index contributed by atoms with van der Waals surface area (Å²) in [5.74, 6) is -0.260. The van der Waals surface area contributed by atoms with Crippen LogP contribution >= 0.6 is 0 Å². The van der Waals surface area contributed by atoms with Gasteiger partial charge in [0.05, 0.1) is 6.10 Å². The first kappa shape index (κ1) is 19.8. The molecule has 0 amide bonds. The molecule has 0 aliphatic rings. The summed E-state index contributed by atoms with van der Waals surface area (Å²) in [4.78, 5) is 3.89. The van der Waals surface area contributed by atoms with E-state index < -0.39 is 0 Å². The van der Waals surface area contributed by atoms with Crippen LogP contribution in [0.1, 0.15) is 31.7 Å². The Morgan fingerprint density at radius 3 is 2.21 bits per heavy atom. The minimum absolute atomic E-state index is 0.00654. The molecular weight excluding hydrogens is 353 g/mol. The van der Waals surface area contributed by atoms with Crippen LogP contribution in [-0.2, 0) is 0 Å². The third kappa shape index (κ3) is 5.27. The van der Waals surface area contributed by atoms with E-state index in [2.05, 4.69) is 4.98 Å². The average Bonchev–Trinajstić information content (AvgIpc) is 2.69. The fraction of sp³-hybridized carbons (Fsp3) is 0.208. The largest absolute Gasteiger partial charge is 0.493 e. The summed E-state index contributed by atoms with van der Waals surface area (Å²) in [6, 6.07) is 16.4. The molecule has 2 N–H and O–H groups in total. The van der Waals surface area contributed by atoms with E-state index >= 15 is 0 Å². The van der Waals surface area contributed by atoms with Crippen molar-refractivity contribution < 1.29 is 14.6 Å². The highest BCUT2D eigenvalue weighted by molar-refractivity contribution is 5.71. The number of pyridine rings is 1. The number of hydrogen-bond donors (Lipinski definition) is 2. The van der Waals surface area contributed by atoms with Crippen molar-refractivity contribution in [3.05, 3.63) is 78.3 Å². The zero-order valence-electron chi connectivity index (χ0n) is 15.8. The minimum Gasteiger partial charge on any atom is -0.493 e. The van der Waals surface area contributed by atoms with Crippen LogP contribution < -0.4 is 0 Å². The van der Waals surface area contributed by atoms with Gasteiger partial charge in [0.1, 0.15) is 5.82 Å². The third-order valence-corrected chi connectivity index (χ3v) is 4.59. The number of allylic oxidation sites excluding steroid dienone is 1. The van der Waals surface area contributed by atoms with E-state index in [9.17, 15) is 14.6 Å². The molecule has 0 bridgehead atoms. The molecule has 4 heteroatoms. The molecule has 3 nitrogen and oxygen atoms in total. The lowest BCUT2D eigenvalue weighted by atomic mass is 10.00. The maximum Gasteiger partial charge on any atom is 0.210 e. The van der Waals surface area contributed by atoms with Crippen LogP contribution in [0.25, 0.3) is 28.3 Å². The molecule has 0 aliphatic carbocycles. The van der Waals surface area contributed by atoms with Crippen LogP contribution in [0.3, 0.4) is 0 Å². The Kier molecular flexibility index (Phi) is 6.56. The molecule has 0 radical (unpaired) electrons. The van der Waals surface area contributed by atoms with Crippen LogP contribution in [0, 0.1) is 5.82 Å². The second-order valence-corrected chi connectivity index (χ2v) is 6.90. The summed E-state index contributed by atoms with van der Waals surface area (Å²) in [7, 11) is 0. The Hall–Kier alpha value is -2.98. The number of rotatable bonds is 7. The highest BCUT2D eigenvalue weighted by Crippen LogP contribution is 2.26. The van der Waals surface area contributed by atoms with Crippen molar-refractivity contribution in [3.8, 4) is 28.1 Å². The van der Waals surface area contributed by atoms with Crippen LogP contribution in [0.5, 0.6) is 5.88 Å². The molecule has 2 aromatic carbocycles. The van der Waals surface area contributed by atoms with Crippen molar-refractivity contribution >= 4 is 6.08 Å². The van der Waals surface area contributed by atoms with Crippen LogP contribution in [0.4, 0.5) is 4.39 Å². The standard InChI is InChI=1S/C24H24FNO2/c1-17(27)5-3-2-4-6-20-11-12-21(15-23(20)25)18-7-9-19(10-8-18)22-13-14-24(28)26-16-22/h4,6-17,27H,2-3,5H2,1H3,(H,26,28)/b6-4+. The van der Waals surface area contributed by atoms with E-state index in [1.807, 2.05) is 36.4 Å². The second-order valence-electron chi connectivity index (χ2n) is 6.90. The smallest absolute Gasteiger partial charge is 0.210 e. The maximum absolute atomic E-state index is 14.4. The first-order valence-electron chi connectivity index (χ1n) is 9.43. The van der Waals surface area contributed by atoms with E-state index in [0.717, 1.165) is 41.5 Å². The molecule has 0 spiro atoms. The number of nitrogens with zero attached hydrogens (tertiary/aromatic N) is 1. The number of unbranched alkanes of at least 4 members (excludes halogenated alkanes) is 1. The molecule has 3 rings (SSSR count). The number of aromatic hydroxyl groups is 1. The summed E-state index contributed by atoms with van der Waals surface area (Å²) >= 11 is 0. The summed E-state index contributed by atoms with van der Waals surface area (Å²) in [5.41, 5.74) is 4.20. The molecule has 1 unspecified atom stereocenters. The normalized spacial score (nSPS) is 12.4. The van der Waals surface area contributed by atoms with Gasteiger partial charge >= 0.3 is 0 Å². The van der Waals surface area contributed by atoms with Crippen LogP contribution in [0.15, 0.2) is 66.9 Å². The van der Waals surface area contributed by atoms with Gasteiger partial charge in [-0.2, -0.15) is 0 Å². The van der Waals surface area contributed by atoms with E-state index in [1.165, 1.54) is 0 Å². The van der Waals surface area contributed by atoms with Gasteiger partial charge in [-0.15, -0.1) is 0 Å². The number of halogens is 1. The highest BCUT2D eigenvalue weighted by Gasteiger charge is 2.05. The monoisotopic (exact) mass is 377 g/mol. The van der Waals surface area contributed by atoms with E-state index in [1.54, 1.807) is 43.5 Å². The summed E-state index contributed by atoms with van der Waals surface area (Å²) in [5, 5.41) is 18.5. The van der Waals surface area contributed by atoms with Gasteiger partial charge < -0.3 is 10.2 Å². The Morgan fingerprint density at radius 2 is 1.61 bits per heavy atom. The molecular formula is C24H24FNO2. The van der Waals surface area contributed by atoms with Crippen LogP contribution in [0.2, 0.25) is 0 Å². The third-order valence-electron chi connectivity index (χ3n) is 4.59. The van der Waals surface area contributed by atoms with E-state index in [4.69, 9.17) is 0 Å². The first-order valence-corrected chi connectivity index (χ1v) is 9.43. The average molecular weight is 377 g/mol. The number of aliphatic hydroxyl groups is 1. The zero-order chi connectivity index (χ0) is 19.9. The SMILES string of the molecule is CC(O)CCC/C=C/c1ccc(-c2ccc(-c3ccc(O)nc3)cc2)cc1F. The fourth-order valence-electron chi connectivity index (χ4n) is 3.00. The Labute approximate surface area is 164 Å². The predicted molar refractivity (Wildman–Crippen MR) is 111 cm³/mol. The lowest BCUT2D eigenvalue weighted by Crippen LogP contribution is -1.97. The molecule has 28 heavy (non-hydrogen) atoms. The number of aliphatic hydroxyl groups excluding tert-OH is 1.